The maximum Gasteiger partial charge on any atom is -0.00259 e. The first-order valence-corrected chi connectivity index (χ1v) is 47.8. The third kappa shape index (κ3) is 15.0. The van der Waals surface area contributed by atoms with Crippen LogP contribution < -0.4 is 0 Å². The molecule has 27 rings (SSSR count). The molecule has 27 aromatic rings. The molecule has 0 aromatic heterocycles. The molecule has 0 heteroatoms. The molecule has 0 spiro atoms. The average molecular weight is 1750 g/mol. The summed E-state index contributed by atoms with van der Waals surface area (Å²) in [6.07, 6.45) is 0. The molecule has 0 fully saturated rings. The van der Waals surface area contributed by atoms with E-state index in [0.717, 1.165) is 0 Å². The molecule has 138 heavy (non-hydrogen) atoms. The molecule has 0 aliphatic carbocycles. The molecule has 0 saturated heterocycles. The molecule has 0 N–H and O–H groups in total. The van der Waals surface area contributed by atoms with Crippen molar-refractivity contribution in [3.63, 3.8) is 0 Å². The van der Waals surface area contributed by atoms with Gasteiger partial charge >= 0.3 is 0 Å². The standard InChI is InChI=1S/C56H36.C46H30.C36H24/c1-3-16-39(17-4-1)53-45-21-9-12-24-48(45)55(40-18-5-2-6-19-40)52-36-43(33-34-51(52)53)38-27-30-41(31-28-38)54-46-22-10-13-25-49(46)56(50-26-14-11-23-47(50)54)44-32-29-37-15-7-8-20-42(37)35-44;1-2-10-31(11-3-1)34-18-20-35(21-19-34)38-26-27-43-44(30-38)46(40-25-23-33-13-5-7-15-37(33)29-40)42-17-9-8-16-41(42)45(43)39-24-22-32-12-4-6-14-36(32)28-39;1-3-12-26(13-4-1)35-31-17-9-10-18-32(31)36(27-14-5-2-6-15-27)34-24-30(21-22-33(34)35)29-20-19-25-11-7-8-16-28(25)23-29/h1-36H;1-30H;1-24H. The van der Waals surface area contributed by atoms with E-state index in [1.54, 1.807) is 0 Å². The molecule has 642 valence electrons. The maximum absolute atomic E-state index is 2.41. The summed E-state index contributed by atoms with van der Waals surface area (Å²) in [5.74, 6) is 0. The van der Waals surface area contributed by atoms with Gasteiger partial charge < -0.3 is 0 Å². The van der Waals surface area contributed by atoms with Gasteiger partial charge in [0.15, 0.2) is 0 Å². The van der Waals surface area contributed by atoms with Gasteiger partial charge in [-0.1, -0.05) is 504 Å². The van der Waals surface area contributed by atoms with E-state index < -0.39 is 0 Å². The first-order valence-electron chi connectivity index (χ1n) is 47.8. The van der Waals surface area contributed by atoms with E-state index in [2.05, 4.69) is 546 Å². The minimum Gasteiger partial charge on any atom is -0.0622 e. The zero-order valence-corrected chi connectivity index (χ0v) is 76.0. The summed E-state index contributed by atoms with van der Waals surface area (Å²) in [5, 5.41) is 30.4. The highest BCUT2D eigenvalue weighted by Crippen LogP contribution is 2.52. The summed E-state index contributed by atoms with van der Waals surface area (Å²) in [7, 11) is 0. The first kappa shape index (κ1) is 82.0. The van der Waals surface area contributed by atoms with Crippen LogP contribution in [0.2, 0.25) is 0 Å². The van der Waals surface area contributed by atoms with Gasteiger partial charge in [-0.25, -0.2) is 0 Å². The van der Waals surface area contributed by atoms with Gasteiger partial charge in [0, 0.05) is 0 Å². The minimum absolute atomic E-state index is 1.20. The first-order chi connectivity index (χ1) is 68.5. The molecule has 0 amide bonds. The van der Waals surface area contributed by atoms with Crippen molar-refractivity contribution in [3.05, 3.63) is 546 Å². The van der Waals surface area contributed by atoms with Crippen molar-refractivity contribution < 1.29 is 0 Å². The fourth-order valence-corrected chi connectivity index (χ4v) is 21.8. The lowest BCUT2D eigenvalue weighted by atomic mass is 9.84. The highest BCUT2D eigenvalue weighted by Gasteiger charge is 2.25. The van der Waals surface area contributed by atoms with Gasteiger partial charge in [0.25, 0.3) is 0 Å². The Hall–Kier alpha value is -17.9. The molecular formula is C138H90. The Morgan fingerprint density at radius 2 is 0.203 bits per heavy atom. The molecule has 0 radical (unpaired) electrons. The molecule has 0 aliphatic rings. The molecular weight excluding hydrogens is 1660 g/mol. The zero-order valence-electron chi connectivity index (χ0n) is 76.0. The van der Waals surface area contributed by atoms with E-state index in [-0.39, 0.29) is 0 Å². The Bertz CT molecular complexity index is 9330. The lowest BCUT2D eigenvalue weighted by Crippen LogP contribution is -1.92. The normalized spacial score (nSPS) is 11.5. The van der Waals surface area contributed by atoms with E-state index in [9.17, 15) is 0 Å². The second kappa shape index (κ2) is 35.5. The van der Waals surface area contributed by atoms with Crippen LogP contribution in [-0.2, 0) is 0 Å². The second-order valence-electron chi connectivity index (χ2n) is 36.2. The van der Waals surface area contributed by atoms with Gasteiger partial charge in [0.05, 0.1) is 0 Å². The van der Waals surface area contributed by atoms with Gasteiger partial charge in [-0.15, -0.1) is 0 Å². The predicted octanol–water partition coefficient (Wildman–Crippen LogP) is 38.9. The van der Waals surface area contributed by atoms with Gasteiger partial charge in [-0.05, 0) is 305 Å². The van der Waals surface area contributed by atoms with Crippen molar-refractivity contribution in [1.82, 2.24) is 0 Å². The van der Waals surface area contributed by atoms with Crippen LogP contribution in [0.1, 0.15) is 0 Å². The fourth-order valence-electron chi connectivity index (χ4n) is 21.8. The smallest absolute Gasteiger partial charge is 0.00259 e. The quantitative estimate of drug-likeness (QED) is 0.107. The Kier molecular flexibility index (Phi) is 21.1. The van der Waals surface area contributed by atoms with E-state index in [1.165, 1.54) is 263 Å². The van der Waals surface area contributed by atoms with Gasteiger partial charge in [0.2, 0.25) is 0 Å². The van der Waals surface area contributed by atoms with E-state index in [0.29, 0.717) is 0 Å². The molecule has 0 atom stereocenters. The van der Waals surface area contributed by atoms with E-state index in [4.69, 9.17) is 0 Å². The number of hydrogen-bond acceptors (Lipinski definition) is 0. The summed E-state index contributed by atoms with van der Waals surface area (Å²) < 4.78 is 0. The van der Waals surface area contributed by atoms with Crippen molar-refractivity contribution in [3.8, 4) is 134 Å². The Morgan fingerprint density at radius 1 is 0.0652 bits per heavy atom. The number of benzene rings is 27. The average Bonchev–Trinajstić information content (AvgIpc) is 0.742. The molecule has 0 aliphatic heterocycles. The van der Waals surface area contributed by atoms with Crippen LogP contribution >= 0.6 is 0 Å². The van der Waals surface area contributed by atoms with Crippen molar-refractivity contribution in [1.29, 1.82) is 0 Å². The molecule has 27 aromatic carbocycles. The highest BCUT2D eigenvalue weighted by molar-refractivity contribution is 6.27. The number of fused-ring (bicyclic) bond motifs is 12. The third-order valence-electron chi connectivity index (χ3n) is 28.3. The SMILES string of the molecule is c1ccc(-c2c3ccccc3c(-c3ccccc3)c3cc(-c4ccc(-c5c6ccccc6c(-c6ccc7ccccc7c6)c6ccccc56)cc4)ccc23)cc1.c1ccc(-c2c3ccccc3c(-c3ccccc3)c3cc(-c4ccc5ccccc5c4)ccc23)cc1.c1ccc(-c2ccc(-c3ccc4c(-c5ccc6ccccc6c5)c5ccccc5c(-c5ccc6ccccc6c5)c4c3)cc2)cc1. The second-order valence-corrected chi connectivity index (χ2v) is 36.2. The van der Waals surface area contributed by atoms with Crippen LogP contribution in [0.5, 0.6) is 0 Å². The largest absolute Gasteiger partial charge is 0.0622 e. The monoisotopic (exact) mass is 1750 g/mol. The summed E-state index contributed by atoms with van der Waals surface area (Å²) in [6.45, 7) is 0. The van der Waals surface area contributed by atoms with Crippen LogP contribution in [0.15, 0.2) is 546 Å². The summed E-state index contributed by atoms with van der Waals surface area (Å²) >= 11 is 0. The van der Waals surface area contributed by atoms with Gasteiger partial charge in [-0.3, -0.25) is 0 Å². The highest BCUT2D eigenvalue weighted by atomic mass is 14.3. The van der Waals surface area contributed by atoms with Crippen molar-refractivity contribution in [2.75, 3.05) is 0 Å². The van der Waals surface area contributed by atoms with Gasteiger partial charge in [0.1, 0.15) is 0 Å². The fraction of sp³-hybridized carbons (Fsp3) is 0. The summed E-state index contributed by atoms with van der Waals surface area (Å²) in [5.41, 5.74) is 29.9. The Labute approximate surface area is 802 Å². The van der Waals surface area contributed by atoms with Crippen LogP contribution in [0, 0.1) is 0 Å². The lowest BCUT2D eigenvalue weighted by Gasteiger charge is -2.19. The van der Waals surface area contributed by atoms with Crippen LogP contribution in [0.4, 0.5) is 0 Å². The maximum atomic E-state index is 2.41. The number of hydrogen-bond donors (Lipinski definition) is 0. The van der Waals surface area contributed by atoms with Crippen LogP contribution in [0.25, 0.3) is 263 Å². The third-order valence-corrected chi connectivity index (χ3v) is 28.3. The van der Waals surface area contributed by atoms with Crippen molar-refractivity contribution in [2.24, 2.45) is 0 Å². The van der Waals surface area contributed by atoms with Crippen molar-refractivity contribution in [2.45, 2.75) is 0 Å². The summed E-state index contributed by atoms with van der Waals surface area (Å²) in [4.78, 5) is 0. The van der Waals surface area contributed by atoms with Gasteiger partial charge in [-0.2, -0.15) is 0 Å². The minimum atomic E-state index is 1.20. The molecule has 0 saturated carbocycles. The molecule has 0 nitrogen and oxygen atoms in total. The van der Waals surface area contributed by atoms with E-state index >= 15 is 0 Å². The zero-order chi connectivity index (χ0) is 91.4. The Morgan fingerprint density at radius 3 is 0.471 bits per heavy atom. The molecule has 0 bridgehead atoms. The molecule has 0 unspecified atom stereocenters. The number of rotatable bonds is 12. The topological polar surface area (TPSA) is 0 Å². The van der Waals surface area contributed by atoms with Crippen LogP contribution in [-0.4, -0.2) is 0 Å². The van der Waals surface area contributed by atoms with Crippen LogP contribution in [0.3, 0.4) is 0 Å². The van der Waals surface area contributed by atoms with Crippen molar-refractivity contribution >= 4 is 129 Å². The predicted molar refractivity (Wildman–Crippen MR) is 595 cm³/mol. The lowest BCUT2D eigenvalue weighted by molar-refractivity contribution is 1.60. The van der Waals surface area contributed by atoms with E-state index in [1.807, 2.05) is 0 Å². The molecule has 0 heterocycles. The summed E-state index contributed by atoms with van der Waals surface area (Å²) in [6, 6.07) is 200. The Balaban J connectivity index is 0.000000112.